The maximum Gasteiger partial charge on any atom is 0.400 e. The molecule has 0 aromatic carbocycles. The number of rotatable bonds is 4. The van der Waals surface area contributed by atoms with E-state index in [0.717, 1.165) is 0 Å². The second-order valence-electron chi connectivity index (χ2n) is 3.09. The summed E-state index contributed by atoms with van der Waals surface area (Å²) in [6.45, 7) is 1.75. The Labute approximate surface area is 84.0 Å². The molecule has 0 rings (SSSR count). The van der Waals surface area contributed by atoms with Crippen molar-refractivity contribution in [2.45, 2.75) is 38.5 Å². The maximum atomic E-state index is 12.0. The summed E-state index contributed by atoms with van der Waals surface area (Å²) in [5, 5.41) is 0. The first-order valence-corrected chi connectivity index (χ1v) is 4.48. The van der Waals surface area contributed by atoms with E-state index < -0.39 is 24.7 Å². The molecule has 0 radical (unpaired) electrons. The van der Waals surface area contributed by atoms with Crippen LogP contribution in [0.4, 0.5) is 26.3 Å². The maximum absolute atomic E-state index is 12.0. The molecule has 0 heterocycles. The van der Waals surface area contributed by atoms with Crippen LogP contribution in [0.5, 0.6) is 0 Å². The van der Waals surface area contributed by atoms with Crippen molar-refractivity contribution < 1.29 is 26.3 Å². The summed E-state index contributed by atoms with van der Waals surface area (Å²) in [6, 6.07) is 0. The van der Waals surface area contributed by atoms with Crippen molar-refractivity contribution >= 4 is 0 Å². The average Bonchev–Trinajstić information content (AvgIpc) is 1.99. The van der Waals surface area contributed by atoms with Gasteiger partial charge in [0.15, 0.2) is 5.92 Å². The molecule has 0 atom stereocenters. The Balaban J connectivity index is 4.35. The Morgan fingerprint density at radius 3 is 1.73 bits per heavy atom. The molecule has 0 aliphatic carbocycles. The van der Waals surface area contributed by atoms with Crippen molar-refractivity contribution in [3.63, 3.8) is 0 Å². The Hall–Kier alpha value is -0.680. The lowest BCUT2D eigenvalue weighted by Crippen LogP contribution is -2.36. The first kappa shape index (κ1) is 14.3. The minimum Gasteiger partial charge on any atom is -0.170 e. The summed E-state index contributed by atoms with van der Waals surface area (Å²) < 4.78 is 71.9. The monoisotopic (exact) mass is 234 g/mol. The summed E-state index contributed by atoms with van der Waals surface area (Å²) in [6.07, 6.45) is -8.09. The molecule has 0 N–H and O–H groups in total. The van der Waals surface area contributed by atoms with Gasteiger partial charge in [-0.3, -0.25) is 0 Å². The quantitative estimate of drug-likeness (QED) is 0.497. The van der Waals surface area contributed by atoms with E-state index in [4.69, 9.17) is 0 Å². The third kappa shape index (κ3) is 5.69. The highest BCUT2D eigenvalue weighted by Crippen LogP contribution is 2.41. The molecule has 0 aliphatic heterocycles. The highest BCUT2D eigenvalue weighted by atomic mass is 19.4. The van der Waals surface area contributed by atoms with E-state index in [0.29, 0.717) is 6.42 Å². The van der Waals surface area contributed by atoms with Crippen molar-refractivity contribution in [3.05, 3.63) is 12.2 Å². The standard InChI is InChI=1S/C9H12F6/c1-2-3-4-5-6-7(8(10,11)12)9(13,14)15/h3-4,7H,2,5-6H2,1H3/b4-3+. The highest BCUT2D eigenvalue weighted by Gasteiger charge is 2.55. The van der Waals surface area contributed by atoms with Gasteiger partial charge in [0.05, 0.1) is 0 Å². The van der Waals surface area contributed by atoms with E-state index in [1.54, 1.807) is 13.0 Å². The van der Waals surface area contributed by atoms with Crippen LogP contribution in [0.1, 0.15) is 26.2 Å². The molecular formula is C9H12F6. The van der Waals surface area contributed by atoms with Gasteiger partial charge >= 0.3 is 12.4 Å². The van der Waals surface area contributed by atoms with Crippen LogP contribution < -0.4 is 0 Å². The van der Waals surface area contributed by atoms with E-state index in [1.807, 2.05) is 0 Å². The third-order valence-electron chi connectivity index (χ3n) is 1.81. The van der Waals surface area contributed by atoms with Gasteiger partial charge < -0.3 is 0 Å². The molecule has 0 saturated heterocycles. The molecule has 0 fully saturated rings. The molecule has 0 bridgehead atoms. The van der Waals surface area contributed by atoms with Gasteiger partial charge in [0.2, 0.25) is 0 Å². The fraction of sp³-hybridized carbons (Fsp3) is 0.778. The van der Waals surface area contributed by atoms with Gasteiger partial charge in [0, 0.05) is 0 Å². The number of allylic oxidation sites excluding steroid dienone is 2. The van der Waals surface area contributed by atoms with Crippen molar-refractivity contribution in [2.75, 3.05) is 0 Å². The second kappa shape index (κ2) is 5.42. The van der Waals surface area contributed by atoms with Crippen molar-refractivity contribution in [3.8, 4) is 0 Å². The smallest absolute Gasteiger partial charge is 0.170 e. The summed E-state index contributed by atoms with van der Waals surface area (Å²) in [4.78, 5) is 0. The SMILES string of the molecule is CC/C=C/CCC(C(F)(F)F)C(F)(F)F. The van der Waals surface area contributed by atoms with Gasteiger partial charge in [-0.05, 0) is 19.3 Å². The molecule has 0 nitrogen and oxygen atoms in total. The summed E-state index contributed by atoms with van der Waals surface area (Å²) in [7, 11) is 0. The van der Waals surface area contributed by atoms with E-state index in [2.05, 4.69) is 0 Å². The van der Waals surface area contributed by atoms with Gasteiger partial charge in [-0.15, -0.1) is 0 Å². The largest absolute Gasteiger partial charge is 0.400 e. The molecule has 6 heteroatoms. The molecule has 0 amide bonds. The number of hydrogen-bond donors (Lipinski definition) is 0. The molecule has 0 spiro atoms. The number of alkyl halides is 6. The lowest BCUT2D eigenvalue weighted by molar-refractivity contribution is -0.285. The number of hydrogen-bond acceptors (Lipinski definition) is 0. The van der Waals surface area contributed by atoms with Crippen LogP contribution in [0, 0.1) is 5.92 Å². The lowest BCUT2D eigenvalue weighted by atomic mass is 10.0. The van der Waals surface area contributed by atoms with Crippen molar-refractivity contribution in [1.82, 2.24) is 0 Å². The fourth-order valence-corrected chi connectivity index (χ4v) is 1.06. The molecular weight excluding hydrogens is 222 g/mol. The van der Waals surface area contributed by atoms with Crippen molar-refractivity contribution in [1.29, 1.82) is 0 Å². The molecule has 0 aliphatic rings. The zero-order valence-electron chi connectivity index (χ0n) is 8.12. The molecule has 0 aromatic rings. The van der Waals surface area contributed by atoms with Crippen LogP contribution in [0.15, 0.2) is 12.2 Å². The second-order valence-corrected chi connectivity index (χ2v) is 3.09. The van der Waals surface area contributed by atoms with Crippen molar-refractivity contribution in [2.24, 2.45) is 5.92 Å². The molecule has 0 aromatic heterocycles. The van der Waals surface area contributed by atoms with Crippen LogP contribution in [0.3, 0.4) is 0 Å². The molecule has 0 saturated carbocycles. The fourth-order valence-electron chi connectivity index (χ4n) is 1.06. The predicted molar refractivity (Wildman–Crippen MR) is 44.3 cm³/mol. The highest BCUT2D eigenvalue weighted by molar-refractivity contribution is 4.84. The number of halogens is 6. The summed E-state index contributed by atoms with van der Waals surface area (Å²) in [5.41, 5.74) is 0. The lowest BCUT2D eigenvalue weighted by Gasteiger charge is -2.22. The molecule has 90 valence electrons. The van der Waals surface area contributed by atoms with Gasteiger partial charge in [-0.2, -0.15) is 26.3 Å². The molecule has 0 unspecified atom stereocenters. The van der Waals surface area contributed by atoms with Crippen LogP contribution in [0.2, 0.25) is 0 Å². The normalized spacial score (nSPS) is 14.1. The summed E-state index contributed by atoms with van der Waals surface area (Å²) >= 11 is 0. The van der Waals surface area contributed by atoms with Gasteiger partial charge in [0.25, 0.3) is 0 Å². The minimum absolute atomic E-state index is 0.211. The zero-order valence-corrected chi connectivity index (χ0v) is 8.12. The first-order valence-electron chi connectivity index (χ1n) is 4.48. The Morgan fingerprint density at radius 1 is 0.933 bits per heavy atom. The Kier molecular flexibility index (Phi) is 5.17. The van der Waals surface area contributed by atoms with Gasteiger partial charge in [-0.1, -0.05) is 19.1 Å². The predicted octanol–water partition coefficient (Wildman–Crippen LogP) is 4.47. The van der Waals surface area contributed by atoms with E-state index >= 15 is 0 Å². The summed E-state index contributed by atoms with van der Waals surface area (Å²) in [5.74, 6) is -3.22. The van der Waals surface area contributed by atoms with Gasteiger partial charge in [0.1, 0.15) is 0 Å². The van der Waals surface area contributed by atoms with Crippen LogP contribution >= 0.6 is 0 Å². The van der Waals surface area contributed by atoms with Gasteiger partial charge in [-0.25, -0.2) is 0 Å². The zero-order chi connectivity index (χ0) is 12.1. The molecule has 15 heavy (non-hydrogen) atoms. The van der Waals surface area contributed by atoms with E-state index in [9.17, 15) is 26.3 Å². The minimum atomic E-state index is -5.21. The van der Waals surface area contributed by atoms with Crippen LogP contribution in [0.25, 0.3) is 0 Å². The topological polar surface area (TPSA) is 0 Å². The average molecular weight is 234 g/mol. The van der Waals surface area contributed by atoms with E-state index in [-0.39, 0.29) is 6.42 Å². The third-order valence-corrected chi connectivity index (χ3v) is 1.81. The Bertz CT molecular complexity index is 186. The van der Waals surface area contributed by atoms with Crippen LogP contribution in [-0.4, -0.2) is 12.4 Å². The Morgan fingerprint density at radius 2 is 1.40 bits per heavy atom. The first-order chi connectivity index (χ1) is 6.69. The van der Waals surface area contributed by atoms with E-state index in [1.165, 1.54) is 6.08 Å². The van der Waals surface area contributed by atoms with Crippen LogP contribution in [-0.2, 0) is 0 Å².